The third-order valence-electron chi connectivity index (χ3n) is 3.27. The number of nitrogens with zero attached hydrogens (tertiary/aromatic N) is 2. The van der Waals surface area contributed by atoms with Crippen LogP contribution in [0.25, 0.3) is 0 Å². The second-order valence-electron chi connectivity index (χ2n) is 4.52. The summed E-state index contributed by atoms with van der Waals surface area (Å²) in [4.78, 5) is 26.6. The van der Waals surface area contributed by atoms with Gasteiger partial charge in [-0.25, -0.2) is 0 Å². The van der Waals surface area contributed by atoms with Gasteiger partial charge < -0.3 is 9.47 Å². The molecule has 0 unspecified atom stereocenters. The highest BCUT2D eigenvalue weighted by molar-refractivity contribution is 5.71. The molecule has 18 heavy (non-hydrogen) atoms. The summed E-state index contributed by atoms with van der Waals surface area (Å²) in [5, 5.41) is 0. The molecular weight excluding hydrogens is 236 g/mol. The monoisotopic (exact) mass is 258 g/mol. The fraction of sp³-hybridized carbons (Fsp3) is 0.833. The summed E-state index contributed by atoms with van der Waals surface area (Å²) in [5.41, 5.74) is 0. The van der Waals surface area contributed by atoms with Crippen LogP contribution in [-0.4, -0.2) is 74.7 Å². The van der Waals surface area contributed by atoms with E-state index in [1.165, 1.54) is 14.2 Å². The molecule has 104 valence electrons. The fourth-order valence-electron chi connectivity index (χ4n) is 2.09. The summed E-state index contributed by atoms with van der Waals surface area (Å²) < 4.78 is 9.29. The molecule has 0 aromatic rings. The van der Waals surface area contributed by atoms with Gasteiger partial charge in [0, 0.05) is 32.2 Å². The Kier molecular flexibility index (Phi) is 6.07. The van der Waals surface area contributed by atoms with Gasteiger partial charge in [-0.05, 0) is 6.92 Å². The lowest BCUT2D eigenvalue weighted by Crippen LogP contribution is -2.53. The Bertz CT molecular complexity index is 296. The third kappa shape index (κ3) is 4.62. The van der Waals surface area contributed by atoms with Crippen LogP contribution in [0, 0.1) is 0 Å². The first kappa shape index (κ1) is 14.9. The number of esters is 2. The van der Waals surface area contributed by atoms with E-state index in [1.54, 1.807) is 0 Å². The second-order valence-corrected chi connectivity index (χ2v) is 4.52. The molecule has 6 heteroatoms. The molecule has 6 nitrogen and oxygen atoms in total. The molecule has 1 rings (SSSR count). The van der Waals surface area contributed by atoms with Crippen LogP contribution in [0.3, 0.4) is 0 Å². The molecule has 0 saturated carbocycles. The summed E-state index contributed by atoms with van der Waals surface area (Å²) in [6.07, 6.45) is 0.417. The molecule has 1 fully saturated rings. The highest BCUT2D eigenvalue weighted by Gasteiger charge is 2.25. The molecule has 1 saturated heterocycles. The fourth-order valence-corrected chi connectivity index (χ4v) is 2.09. The van der Waals surface area contributed by atoms with Crippen molar-refractivity contribution in [1.82, 2.24) is 9.80 Å². The summed E-state index contributed by atoms with van der Waals surface area (Å²) >= 11 is 0. The van der Waals surface area contributed by atoms with E-state index in [1.807, 2.05) is 0 Å². The maximum Gasteiger partial charge on any atom is 0.319 e. The lowest BCUT2D eigenvalue weighted by molar-refractivity contribution is -0.143. The zero-order chi connectivity index (χ0) is 13.5. The number of methoxy groups -OCH3 is 2. The first-order valence-electron chi connectivity index (χ1n) is 6.17. The second kappa shape index (κ2) is 7.33. The van der Waals surface area contributed by atoms with Gasteiger partial charge in [0.1, 0.15) is 0 Å². The first-order valence-corrected chi connectivity index (χ1v) is 6.17. The molecule has 0 amide bonds. The van der Waals surface area contributed by atoms with Crippen LogP contribution in [-0.2, 0) is 19.1 Å². The van der Waals surface area contributed by atoms with E-state index in [9.17, 15) is 9.59 Å². The maximum absolute atomic E-state index is 11.2. The van der Waals surface area contributed by atoms with Gasteiger partial charge in [0.15, 0.2) is 0 Å². The molecule has 0 aliphatic carbocycles. The minimum absolute atomic E-state index is 0.181. The van der Waals surface area contributed by atoms with Crippen molar-refractivity contribution in [3.8, 4) is 0 Å². The van der Waals surface area contributed by atoms with Crippen LogP contribution >= 0.6 is 0 Å². The highest BCUT2D eigenvalue weighted by atomic mass is 16.5. The summed E-state index contributed by atoms with van der Waals surface area (Å²) in [7, 11) is 2.80. The van der Waals surface area contributed by atoms with Gasteiger partial charge in [0.25, 0.3) is 0 Å². The van der Waals surface area contributed by atoms with Crippen LogP contribution in [0.1, 0.15) is 13.3 Å². The van der Waals surface area contributed by atoms with Crippen LogP contribution in [0.4, 0.5) is 0 Å². The van der Waals surface area contributed by atoms with E-state index in [4.69, 9.17) is 0 Å². The average Bonchev–Trinajstić information content (AvgIpc) is 2.38. The van der Waals surface area contributed by atoms with Crippen LogP contribution in [0.15, 0.2) is 0 Å². The van der Waals surface area contributed by atoms with Crippen LogP contribution in [0.5, 0.6) is 0 Å². The van der Waals surface area contributed by atoms with E-state index in [0.29, 0.717) is 19.5 Å². The van der Waals surface area contributed by atoms with Crippen molar-refractivity contribution >= 4 is 11.9 Å². The highest BCUT2D eigenvalue weighted by Crippen LogP contribution is 2.09. The summed E-state index contributed by atoms with van der Waals surface area (Å²) in [6.45, 7) is 5.66. The van der Waals surface area contributed by atoms with Crippen molar-refractivity contribution in [3.63, 3.8) is 0 Å². The molecule has 0 bridgehead atoms. The number of hydrogen-bond donors (Lipinski definition) is 0. The Balaban J connectivity index is 2.31. The first-order chi connectivity index (χ1) is 8.56. The van der Waals surface area contributed by atoms with Crippen LogP contribution in [0.2, 0.25) is 0 Å². The molecular formula is C12H22N2O4. The van der Waals surface area contributed by atoms with Gasteiger partial charge in [-0.2, -0.15) is 0 Å². The van der Waals surface area contributed by atoms with Crippen LogP contribution < -0.4 is 0 Å². The normalized spacial score (nSPS) is 21.6. The zero-order valence-corrected chi connectivity index (χ0v) is 11.3. The SMILES string of the molecule is COC(=O)CCN1CCN(CC(=O)OC)[C@@H](C)C1. The van der Waals surface area contributed by atoms with Crippen molar-refractivity contribution in [2.75, 3.05) is 46.9 Å². The van der Waals surface area contributed by atoms with Gasteiger partial charge in [0.05, 0.1) is 27.2 Å². The molecule has 0 N–H and O–H groups in total. The molecule has 1 aliphatic heterocycles. The Morgan fingerprint density at radius 1 is 1.17 bits per heavy atom. The van der Waals surface area contributed by atoms with Gasteiger partial charge in [-0.15, -0.1) is 0 Å². The molecule has 1 atom stereocenters. The number of rotatable bonds is 5. The maximum atomic E-state index is 11.2. The quantitative estimate of drug-likeness (QED) is 0.633. The van der Waals surface area contributed by atoms with E-state index in [2.05, 4.69) is 26.2 Å². The molecule has 0 radical (unpaired) electrons. The summed E-state index contributed by atoms with van der Waals surface area (Å²) in [5.74, 6) is -0.385. The lowest BCUT2D eigenvalue weighted by atomic mass is 10.2. The van der Waals surface area contributed by atoms with Gasteiger partial charge >= 0.3 is 11.9 Å². The van der Waals surface area contributed by atoms with Crippen molar-refractivity contribution in [3.05, 3.63) is 0 Å². The van der Waals surface area contributed by atoms with Crippen molar-refractivity contribution in [2.24, 2.45) is 0 Å². The van der Waals surface area contributed by atoms with Crippen molar-refractivity contribution in [1.29, 1.82) is 0 Å². The number of carbonyl (C=O) groups is 2. The minimum Gasteiger partial charge on any atom is -0.469 e. The molecule has 0 aromatic carbocycles. The van der Waals surface area contributed by atoms with E-state index < -0.39 is 0 Å². The van der Waals surface area contributed by atoms with Crippen molar-refractivity contribution in [2.45, 2.75) is 19.4 Å². The molecule has 0 spiro atoms. The Morgan fingerprint density at radius 2 is 1.83 bits per heavy atom. The standard InChI is InChI=1S/C12H22N2O4/c1-10-8-13(5-4-11(15)17-2)6-7-14(10)9-12(16)18-3/h10H,4-9H2,1-3H3/t10-/m0/s1. The Labute approximate surface area is 108 Å². The van der Waals surface area contributed by atoms with Gasteiger partial charge in [-0.3, -0.25) is 19.4 Å². The third-order valence-corrected chi connectivity index (χ3v) is 3.27. The number of hydrogen-bond acceptors (Lipinski definition) is 6. The number of ether oxygens (including phenoxy) is 2. The zero-order valence-electron chi connectivity index (χ0n) is 11.3. The van der Waals surface area contributed by atoms with Crippen molar-refractivity contribution < 1.29 is 19.1 Å². The minimum atomic E-state index is -0.204. The summed E-state index contributed by atoms with van der Waals surface area (Å²) in [6, 6.07) is 0.287. The molecule has 1 aliphatic rings. The topological polar surface area (TPSA) is 59.1 Å². The number of carbonyl (C=O) groups excluding carboxylic acids is 2. The predicted octanol–water partition coefficient (Wildman–Crippen LogP) is -0.271. The Morgan fingerprint density at radius 3 is 2.39 bits per heavy atom. The van der Waals surface area contributed by atoms with E-state index in [0.717, 1.165) is 19.6 Å². The van der Waals surface area contributed by atoms with E-state index in [-0.39, 0.29) is 18.0 Å². The van der Waals surface area contributed by atoms with Gasteiger partial charge in [-0.1, -0.05) is 0 Å². The molecule has 0 aromatic heterocycles. The smallest absolute Gasteiger partial charge is 0.319 e. The van der Waals surface area contributed by atoms with E-state index >= 15 is 0 Å². The average molecular weight is 258 g/mol. The van der Waals surface area contributed by atoms with Gasteiger partial charge in [0.2, 0.25) is 0 Å². The largest absolute Gasteiger partial charge is 0.469 e. The Hall–Kier alpha value is -1.14. The number of piperazine rings is 1. The predicted molar refractivity (Wildman–Crippen MR) is 66.1 cm³/mol. The lowest BCUT2D eigenvalue weighted by Gasteiger charge is -2.39. The molecule has 1 heterocycles.